The molecule has 123 valence electrons. The van der Waals surface area contributed by atoms with Gasteiger partial charge in [-0.15, -0.1) is 0 Å². The van der Waals surface area contributed by atoms with Crippen molar-refractivity contribution >= 4 is 11.8 Å². The van der Waals surface area contributed by atoms with Gasteiger partial charge in [0.05, 0.1) is 6.42 Å². The predicted octanol–water partition coefficient (Wildman–Crippen LogP) is 1.18. The molecule has 3 fully saturated rings. The van der Waals surface area contributed by atoms with E-state index in [0.717, 1.165) is 25.4 Å². The van der Waals surface area contributed by atoms with Crippen molar-refractivity contribution in [2.24, 2.45) is 17.6 Å². The van der Waals surface area contributed by atoms with E-state index in [0.29, 0.717) is 18.5 Å². The first-order chi connectivity index (χ1) is 10.5. The van der Waals surface area contributed by atoms with Crippen molar-refractivity contribution in [1.82, 2.24) is 9.80 Å². The van der Waals surface area contributed by atoms with Crippen LogP contribution in [0.1, 0.15) is 45.4 Å². The number of nitrogens with two attached hydrogens (primary N) is 1. The second-order valence-electron chi connectivity index (χ2n) is 7.38. The van der Waals surface area contributed by atoms with Gasteiger partial charge in [-0.2, -0.15) is 0 Å². The van der Waals surface area contributed by atoms with Crippen molar-refractivity contribution in [3.8, 4) is 0 Å². The van der Waals surface area contributed by atoms with Gasteiger partial charge in [0.25, 0.3) is 0 Å². The highest BCUT2D eigenvalue weighted by Gasteiger charge is 2.45. The minimum absolute atomic E-state index is 0.0844. The van der Waals surface area contributed by atoms with E-state index < -0.39 is 0 Å². The van der Waals surface area contributed by atoms with Crippen molar-refractivity contribution in [2.45, 2.75) is 57.5 Å². The summed E-state index contributed by atoms with van der Waals surface area (Å²) in [6.45, 7) is 4.89. The number of hydrogen-bond acceptors (Lipinski definition) is 3. The van der Waals surface area contributed by atoms with Crippen molar-refractivity contribution in [1.29, 1.82) is 0 Å². The molecule has 1 radical (unpaired) electrons. The van der Waals surface area contributed by atoms with Gasteiger partial charge in [0.1, 0.15) is 0 Å². The van der Waals surface area contributed by atoms with E-state index in [1.54, 1.807) is 13.3 Å². The molecule has 3 aliphatic rings. The first kappa shape index (κ1) is 15.8. The molecule has 3 atom stereocenters. The Labute approximate surface area is 133 Å². The molecule has 0 spiro atoms. The molecule has 0 aromatic carbocycles. The number of fused-ring (bicyclic) bond motifs is 2. The van der Waals surface area contributed by atoms with Crippen LogP contribution >= 0.6 is 0 Å². The maximum atomic E-state index is 12.3. The zero-order chi connectivity index (χ0) is 15.7. The molecule has 0 aromatic heterocycles. The van der Waals surface area contributed by atoms with E-state index in [4.69, 9.17) is 5.73 Å². The summed E-state index contributed by atoms with van der Waals surface area (Å²) in [5.74, 6) is 0.366. The number of rotatable bonds is 6. The van der Waals surface area contributed by atoms with Crippen LogP contribution in [0, 0.1) is 18.3 Å². The summed E-state index contributed by atoms with van der Waals surface area (Å²) in [6, 6.07) is 0.926. The molecule has 5 nitrogen and oxygen atoms in total. The highest BCUT2D eigenvalue weighted by Crippen LogP contribution is 2.34. The molecule has 2 N–H and O–H groups in total. The summed E-state index contributed by atoms with van der Waals surface area (Å²) >= 11 is 0. The molecule has 2 bridgehead atoms. The lowest BCUT2D eigenvalue weighted by Crippen LogP contribution is -2.49. The standard InChI is InChI=1S/C17H28N3O2/c1-12(17(18)22)6-7-16(21)20-11-14-8-15(20)10-19(14)9-13-4-2-3-5-13/h7,12-15H,2-6,8-11H2,1H3,(H2,18,22)/t12?,14?,15-/m0/s1. The Morgan fingerprint density at radius 1 is 1.23 bits per heavy atom. The van der Waals surface area contributed by atoms with E-state index in [-0.39, 0.29) is 17.7 Å². The van der Waals surface area contributed by atoms with Crippen molar-refractivity contribution in [3.63, 3.8) is 0 Å². The lowest BCUT2D eigenvalue weighted by atomic mass is 10.0. The lowest BCUT2D eigenvalue weighted by molar-refractivity contribution is -0.130. The van der Waals surface area contributed by atoms with Crippen molar-refractivity contribution in [2.75, 3.05) is 19.6 Å². The van der Waals surface area contributed by atoms with Crippen LogP contribution in [0.3, 0.4) is 0 Å². The molecule has 0 aromatic rings. The Bertz CT molecular complexity index is 434. The molecular weight excluding hydrogens is 278 g/mol. The number of primary amides is 1. The van der Waals surface area contributed by atoms with Crippen LogP contribution in [0.5, 0.6) is 0 Å². The first-order valence-corrected chi connectivity index (χ1v) is 8.71. The zero-order valence-electron chi connectivity index (χ0n) is 13.5. The molecule has 1 aliphatic carbocycles. The maximum Gasteiger partial charge on any atom is 0.226 e. The third kappa shape index (κ3) is 3.29. The molecule has 3 rings (SSSR count). The van der Waals surface area contributed by atoms with Crippen LogP contribution in [0.2, 0.25) is 0 Å². The van der Waals surface area contributed by atoms with Crippen LogP contribution < -0.4 is 5.73 Å². The molecule has 5 heteroatoms. The first-order valence-electron chi connectivity index (χ1n) is 8.71. The van der Waals surface area contributed by atoms with Gasteiger partial charge in [0.2, 0.25) is 11.8 Å². The second-order valence-corrected chi connectivity index (χ2v) is 7.38. The normalized spacial score (nSPS) is 30.1. The number of hydrogen-bond donors (Lipinski definition) is 1. The molecule has 2 saturated heterocycles. The molecule has 1 saturated carbocycles. The summed E-state index contributed by atoms with van der Waals surface area (Å²) in [5, 5.41) is 0. The average molecular weight is 306 g/mol. The van der Waals surface area contributed by atoms with Gasteiger partial charge in [-0.3, -0.25) is 14.5 Å². The minimum atomic E-state index is -0.338. The minimum Gasteiger partial charge on any atom is -0.369 e. The fourth-order valence-corrected chi connectivity index (χ4v) is 4.28. The molecule has 2 heterocycles. The Balaban J connectivity index is 1.45. The molecule has 2 unspecified atom stereocenters. The van der Waals surface area contributed by atoms with Crippen LogP contribution in [-0.2, 0) is 9.59 Å². The molecule has 2 amide bonds. The Morgan fingerprint density at radius 2 is 1.95 bits per heavy atom. The van der Waals surface area contributed by atoms with Gasteiger partial charge in [-0.1, -0.05) is 19.8 Å². The molecule has 22 heavy (non-hydrogen) atoms. The van der Waals surface area contributed by atoms with Crippen LogP contribution in [0.25, 0.3) is 0 Å². The van der Waals surface area contributed by atoms with Gasteiger partial charge in [0.15, 0.2) is 0 Å². The monoisotopic (exact) mass is 306 g/mol. The summed E-state index contributed by atoms with van der Waals surface area (Å²) in [4.78, 5) is 28.0. The van der Waals surface area contributed by atoms with Gasteiger partial charge >= 0.3 is 0 Å². The fourth-order valence-electron chi connectivity index (χ4n) is 4.28. The number of carbonyl (C=O) groups is 2. The maximum absolute atomic E-state index is 12.3. The number of carbonyl (C=O) groups excluding carboxylic acids is 2. The Hall–Kier alpha value is -1.10. The fraction of sp³-hybridized carbons (Fsp3) is 0.824. The smallest absolute Gasteiger partial charge is 0.226 e. The second kappa shape index (κ2) is 6.57. The van der Waals surface area contributed by atoms with Crippen LogP contribution in [-0.4, -0.2) is 53.3 Å². The summed E-state index contributed by atoms with van der Waals surface area (Å²) in [6.07, 6.45) is 8.78. The Morgan fingerprint density at radius 3 is 2.55 bits per heavy atom. The van der Waals surface area contributed by atoms with E-state index in [1.807, 2.05) is 4.90 Å². The summed E-state index contributed by atoms with van der Waals surface area (Å²) in [5.41, 5.74) is 5.24. The van der Waals surface area contributed by atoms with E-state index >= 15 is 0 Å². The number of nitrogens with zero attached hydrogens (tertiary/aromatic N) is 2. The van der Waals surface area contributed by atoms with Gasteiger partial charge < -0.3 is 10.6 Å². The molecule has 2 aliphatic heterocycles. The molecular formula is C17H28N3O2. The van der Waals surface area contributed by atoms with Gasteiger partial charge in [0, 0.05) is 37.6 Å². The SMILES string of the molecule is CC(C[CH]C(=O)N1CC2C[C@H]1CN2CC1CCCC1)C(N)=O. The topological polar surface area (TPSA) is 66.6 Å². The van der Waals surface area contributed by atoms with Crippen molar-refractivity contribution in [3.05, 3.63) is 6.42 Å². The van der Waals surface area contributed by atoms with Crippen LogP contribution in [0.15, 0.2) is 0 Å². The predicted molar refractivity (Wildman–Crippen MR) is 84.7 cm³/mol. The lowest BCUT2D eigenvalue weighted by Gasteiger charge is -2.35. The average Bonchev–Trinajstić information content (AvgIpc) is 3.20. The van der Waals surface area contributed by atoms with Crippen LogP contribution in [0.4, 0.5) is 0 Å². The quantitative estimate of drug-likeness (QED) is 0.801. The zero-order valence-corrected chi connectivity index (χ0v) is 13.5. The third-order valence-electron chi connectivity index (χ3n) is 5.74. The number of likely N-dealkylation sites (tertiary alicyclic amines) is 2. The summed E-state index contributed by atoms with van der Waals surface area (Å²) in [7, 11) is 0. The third-order valence-corrected chi connectivity index (χ3v) is 5.74. The number of piperazine rings is 1. The van der Waals surface area contributed by atoms with E-state index in [1.165, 1.54) is 32.2 Å². The van der Waals surface area contributed by atoms with Gasteiger partial charge in [-0.25, -0.2) is 0 Å². The van der Waals surface area contributed by atoms with E-state index in [9.17, 15) is 9.59 Å². The number of amides is 2. The van der Waals surface area contributed by atoms with Gasteiger partial charge in [-0.05, 0) is 31.6 Å². The highest BCUT2D eigenvalue weighted by atomic mass is 16.2. The summed E-state index contributed by atoms with van der Waals surface area (Å²) < 4.78 is 0. The van der Waals surface area contributed by atoms with E-state index in [2.05, 4.69) is 4.90 Å². The Kier molecular flexibility index (Phi) is 4.71. The largest absolute Gasteiger partial charge is 0.369 e. The van der Waals surface area contributed by atoms with Crippen molar-refractivity contribution < 1.29 is 9.59 Å². The highest BCUT2D eigenvalue weighted by molar-refractivity contribution is 5.86.